The summed E-state index contributed by atoms with van der Waals surface area (Å²) in [5.74, 6) is 0.914. The van der Waals surface area contributed by atoms with Crippen molar-refractivity contribution in [3.05, 3.63) is 59.7 Å². The number of carbonyl (C=O) groups is 1. The van der Waals surface area contributed by atoms with E-state index < -0.39 is 0 Å². The van der Waals surface area contributed by atoms with Crippen molar-refractivity contribution >= 4 is 35.8 Å². The minimum absolute atomic E-state index is 0. The van der Waals surface area contributed by atoms with Crippen molar-refractivity contribution < 1.29 is 4.79 Å². The molecule has 3 nitrogen and oxygen atoms in total. The maximum absolute atomic E-state index is 12.4. The van der Waals surface area contributed by atoms with Crippen molar-refractivity contribution in [2.45, 2.75) is 17.7 Å². The molecule has 0 radical (unpaired) electrons. The summed E-state index contributed by atoms with van der Waals surface area (Å²) in [6.45, 7) is 1.67. The van der Waals surface area contributed by atoms with Crippen LogP contribution in [0.4, 0.5) is 5.69 Å². The van der Waals surface area contributed by atoms with Gasteiger partial charge in [0.1, 0.15) is 0 Å². The molecule has 122 valence electrons. The highest BCUT2D eigenvalue weighted by atomic mass is 35.5. The van der Waals surface area contributed by atoms with Gasteiger partial charge in [-0.25, -0.2) is 0 Å². The van der Waals surface area contributed by atoms with Crippen LogP contribution in [-0.2, 0) is 6.42 Å². The van der Waals surface area contributed by atoms with E-state index in [1.807, 2.05) is 30.3 Å². The second kappa shape index (κ2) is 8.85. The Kier molecular flexibility index (Phi) is 6.81. The maximum Gasteiger partial charge on any atom is 0.251 e. The first-order valence-electron chi connectivity index (χ1n) is 7.66. The summed E-state index contributed by atoms with van der Waals surface area (Å²) in [5.41, 5.74) is 3.08. The zero-order valence-corrected chi connectivity index (χ0v) is 14.5. The van der Waals surface area contributed by atoms with Gasteiger partial charge in [0.2, 0.25) is 0 Å². The Labute approximate surface area is 147 Å². The summed E-state index contributed by atoms with van der Waals surface area (Å²) in [7, 11) is 0. The largest absolute Gasteiger partial charge is 0.385 e. The molecular formula is C18H21ClN2OS. The molecule has 2 N–H and O–H groups in total. The summed E-state index contributed by atoms with van der Waals surface area (Å²) >= 11 is 1.76. The van der Waals surface area contributed by atoms with Gasteiger partial charge in [-0.1, -0.05) is 24.3 Å². The molecule has 0 atom stereocenters. The molecule has 1 aliphatic rings. The average molecular weight is 349 g/mol. The third-order valence-electron chi connectivity index (χ3n) is 3.74. The fraction of sp³-hybridized carbons (Fsp3) is 0.278. The molecule has 0 unspecified atom stereocenters. The van der Waals surface area contributed by atoms with Crippen molar-refractivity contribution in [2.24, 2.45) is 0 Å². The number of anilines is 1. The van der Waals surface area contributed by atoms with Gasteiger partial charge in [-0.15, -0.1) is 24.2 Å². The van der Waals surface area contributed by atoms with E-state index in [1.165, 1.54) is 4.90 Å². The molecule has 1 heterocycles. The molecule has 2 aromatic carbocycles. The Bertz CT molecular complexity index is 649. The molecule has 1 amide bonds. The van der Waals surface area contributed by atoms with Crippen LogP contribution in [0.25, 0.3) is 0 Å². The monoisotopic (exact) mass is 348 g/mol. The highest BCUT2D eigenvalue weighted by Crippen LogP contribution is 2.25. The third kappa shape index (κ3) is 4.66. The van der Waals surface area contributed by atoms with E-state index in [2.05, 4.69) is 28.8 Å². The summed E-state index contributed by atoms with van der Waals surface area (Å²) < 4.78 is 0. The molecule has 0 fully saturated rings. The van der Waals surface area contributed by atoms with E-state index in [0.717, 1.165) is 42.0 Å². The van der Waals surface area contributed by atoms with Crippen LogP contribution in [-0.4, -0.2) is 24.7 Å². The highest BCUT2D eigenvalue weighted by Gasteiger charge is 2.16. The zero-order valence-electron chi connectivity index (χ0n) is 12.9. The lowest BCUT2D eigenvalue weighted by Gasteiger charge is -2.20. The summed E-state index contributed by atoms with van der Waals surface area (Å²) in [6.07, 6.45) is 2.06. The van der Waals surface area contributed by atoms with Crippen molar-refractivity contribution in [3.8, 4) is 0 Å². The van der Waals surface area contributed by atoms with Gasteiger partial charge in [0.25, 0.3) is 5.91 Å². The number of benzene rings is 2. The van der Waals surface area contributed by atoms with E-state index in [9.17, 15) is 4.79 Å². The summed E-state index contributed by atoms with van der Waals surface area (Å²) in [6, 6.07) is 16.2. The SMILES string of the molecule is Cl.O=C(NCCSc1ccccc1)c1cccc2c1CCCN2. The van der Waals surface area contributed by atoms with Gasteiger partial charge in [0.15, 0.2) is 0 Å². The fourth-order valence-electron chi connectivity index (χ4n) is 2.67. The number of thioether (sulfide) groups is 1. The Morgan fingerprint density at radius 3 is 2.78 bits per heavy atom. The van der Waals surface area contributed by atoms with Crippen molar-refractivity contribution in [1.82, 2.24) is 5.32 Å². The van der Waals surface area contributed by atoms with E-state index in [4.69, 9.17) is 0 Å². The molecule has 0 aliphatic carbocycles. The number of hydrogen-bond acceptors (Lipinski definition) is 3. The number of nitrogens with one attached hydrogen (secondary N) is 2. The first kappa shape index (κ1) is 17.7. The van der Waals surface area contributed by atoms with Crippen LogP contribution in [0.2, 0.25) is 0 Å². The molecular weight excluding hydrogens is 328 g/mol. The molecule has 0 saturated heterocycles. The number of fused-ring (bicyclic) bond motifs is 1. The van der Waals surface area contributed by atoms with Crippen LogP contribution in [0, 0.1) is 0 Å². The third-order valence-corrected chi connectivity index (χ3v) is 4.75. The van der Waals surface area contributed by atoms with Gasteiger partial charge in [-0.3, -0.25) is 4.79 Å². The lowest BCUT2D eigenvalue weighted by molar-refractivity contribution is 0.0955. The highest BCUT2D eigenvalue weighted by molar-refractivity contribution is 7.99. The summed E-state index contributed by atoms with van der Waals surface area (Å²) in [4.78, 5) is 13.6. The lowest BCUT2D eigenvalue weighted by Crippen LogP contribution is -2.28. The van der Waals surface area contributed by atoms with Gasteiger partial charge in [0, 0.05) is 35.0 Å². The second-order valence-corrected chi connectivity index (χ2v) is 6.45. The standard InChI is InChI=1S/C18H20N2OS.ClH/c21-18(20-12-13-22-14-6-2-1-3-7-14)16-8-4-10-17-15(16)9-5-11-19-17;/h1-4,6-8,10,19H,5,9,11-13H2,(H,20,21);1H. The average Bonchev–Trinajstić information content (AvgIpc) is 2.59. The van der Waals surface area contributed by atoms with Crippen molar-refractivity contribution in [1.29, 1.82) is 0 Å². The molecule has 3 rings (SSSR count). The fourth-order valence-corrected chi connectivity index (χ4v) is 3.46. The van der Waals surface area contributed by atoms with Gasteiger partial charge < -0.3 is 10.6 Å². The number of rotatable bonds is 5. The van der Waals surface area contributed by atoms with Crippen molar-refractivity contribution in [3.63, 3.8) is 0 Å². The minimum Gasteiger partial charge on any atom is -0.385 e. The van der Waals surface area contributed by atoms with Crippen LogP contribution in [0.15, 0.2) is 53.4 Å². The molecule has 5 heteroatoms. The first-order valence-corrected chi connectivity index (χ1v) is 8.65. The topological polar surface area (TPSA) is 41.1 Å². The quantitative estimate of drug-likeness (QED) is 0.634. The van der Waals surface area contributed by atoms with Crippen LogP contribution in [0.3, 0.4) is 0 Å². The number of amides is 1. The number of carbonyl (C=O) groups excluding carboxylic acids is 1. The van der Waals surface area contributed by atoms with Gasteiger partial charge in [-0.2, -0.15) is 0 Å². The Morgan fingerprint density at radius 1 is 1.13 bits per heavy atom. The van der Waals surface area contributed by atoms with Gasteiger partial charge in [-0.05, 0) is 42.7 Å². The van der Waals surface area contributed by atoms with E-state index in [-0.39, 0.29) is 18.3 Å². The Balaban J connectivity index is 0.00000192. The lowest BCUT2D eigenvalue weighted by atomic mass is 9.97. The van der Waals surface area contributed by atoms with Gasteiger partial charge in [0.05, 0.1) is 0 Å². The van der Waals surface area contributed by atoms with Crippen LogP contribution in [0.1, 0.15) is 22.3 Å². The Hall–Kier alpha value is -1.65. The predicted octanol–water partition coefficient (Wildman–Crippen LogP) is 3.99. The van der Waals surface area contributed by atoms with Crippen LogP contribution < -0.4 is 10.6 Å². The normalized spacial score (nSPS) is 12.5. The predicted molar refractivity (Wildman–Crippen MR) is 100.0 cm³/mol. The minimum atomic E-state index is 0. The molecule has 0 spiro atoms. The van der Waals surface area contributed by atoms with E-state index in [1.54, 1.807) is 11.8 Å². The molecule has 23 heavy (non-hydrogen) atoms. The zero-order chi connectivity index (χ0) is 15.2. The van der Waals surface area contributed by atoms with Crippen molar-refractivity contribution in [2.75, 3.05) is 24.2 Å². The smallest absolute Gasteiger partial charge is 0.251 e. The molecule has 0 bridgehead atoms. The van der Waals surface area contributed by atoms with E-state index >= 15 is 0 Å². The van der Waals surface area contributed by atoms with E-state index in [0.29, 0.717) is 6.54 Å². The number of halogens is 1. The maximum atomic E-state index is 12.4. The molecule has 0 saturated carbocycles. The molecule has 2 aromatic rings. The second-order valence-electron chi connectivity index (χ2n) is 5.28. The van der Waals surface area contributed by atoms with Crippen LogP contribution >= 0.6 is 24.2 Å². The first-order chi connectivity index (χ1) is 10.8. The summed E-state index contributed by atoms with van der Waals surface area (Å²) in [5, 5.41) is 6.39. The molecule has 0 aromatic heterocycles. The Morgan fingerprint density at radius 2 is 1.96 bits per heavy atom. The number of hydrogen-bond donors (Lipinski definition) is 2. The van der Waals surface area contributed by atoms with Gasteiger partial charge >= 0.3 is 0 Å². The molecule has 1 aliphatic heterocycles. The van der Waals surface area contributed by atoms with Crippen LogP contribution in [0.5, 0.6) is 0 Å².